The van der Waals surface area contributed by atoms with Gasteiger partial charge in [0.2, 0.25) is 0 Å². The van der Waals surface area contributed by atoms with Gasteiger partial charge < -0.3 is 4.52 Å². The molecule has 2 unspecified atom stereocenters. The zero-order valence-electron chi connectivity index (χ0n) is 13.2. The molecule has 0 bridgehead atoms. The third-order valence-electron chi connectivity index (χ3n) is 3.30. The summed E-state index contributed by atoms with van der Waals surface area (Å²) in [5.41, 5.74) is 0.0250. The first kappa shape index (κ1) is 18.8. The number of nitrogens with zero attached hydrogens (tertiary/aromatic N) is 2. The molecule has 0 saturated carbocycles. The van der Waals surface area contributed by atoms with Crippen LogP contribution in [0.2, 0.25) is 0 Å². The Kier molecular flexibility index (Phi) is 6.54. The molecule has 0 radical (unpaired) electrons. The van der Waals surface area contributed by atoms with Gasteiger partial charge in [-0.25, -0.2) is 13.8 Å². The van der Waals surface area contributed by atoms with Crippen molar-refractivity contribution in [2.75, 3.05) is 19.4 Å². The van der Waals surface area contributed by atoms with E-state index in [0.717, 1.165) is 18.6 Å². The maximum atomic E-state index is 13.8. The van der Waals surface area contributed by atoms with E-state index in [9.17, 15) is 13.3 Å². The van der Waals surface area contributed by atoms with Gasteiger partial charge >= 0.3 is 6.72 Å². The van der Waals surface area contributed by atoms with E-state index in [-0.39, 0.29) is 10.9 Å². The van der Waals surface area contributed by atoms with Crippen molar-refractivity contribution in [3.8, 4) is 0 Å². The summed E-state index contributed by atoms with van der Waals surface area (Å²) in [6, 6.07) is 3.21. The van der Waals surface area contributed by atoms with E-state index in [1.165, 1.54) is 36.3 Å². The molecule has 1 fully saturated rings. The Labute approximate surface area is 143 Å². The van der Waals surface area contributed by atoms with Gasteiger partial charge in [-0.3, -0.25) is 9.24 Å². The molecule has 1 saturated heterocycles. The molecule has 4 nitrogen and oxygen atoms in total. The van der Waals surface area contributed by atoms with Crippen LogP contribution in [0, 0.1) is 11.6 Å². The summed E-state index contributed by atoms with van der Waals surface area (Å²) in [6.07, 6.45) is 0.859. The minimum absolute atomic E-state index is 0.0250. The monoisotopic (exact) mass is 380 g/mol. The molecule has 2 rings (SSSR count). The van der Waals surface area contributed by atoms with Crippen molar-refractivity contribution >= 4 is 40.7 Å². The van der Waals surface area contributed by atoms with Crippen LogP contribution in [-0.2, 0) is 9.09 Å². The standard InChI is InChI=1S/C14H19F2N2O2PS2/c1-4-10(2)23-21(19,20-3)18-7-8-22-14(18)17-13-6-5-11(15)9-12(13)16/h5-6,9-10H,4,7-8H2,1-3H3. The van der Waals surface area contributed by atoms with Crippen molar-refractivity contribution in [2.45, 2.75) is 25.5 Å². The molecule has 9 heteroatoms. The van der Waals surface area contributed by atoms with Crippen LogP contribution in [0.3, 0.4) is 0 Å². The highest BCUT2D eigenvalue weighted by Gasteiger charge is 2.39. The van der Waals surface area contributed by atoms with Crippen LogP contribution < -0.4 is 0 Å². The average Bonchev–Trinajstić information content (AvgIpc) is 2.98. The normalized spacial score (nSPS) is 20.7. The lowest BCUT2D eigenvalue weighted by Crippen LogP contribution is -2.21. The van der Waals surface area contributed by atoms with Crippen molar-refractivity contribution in [2.24, 2.45) is 4.99 Å². The van der Waals surface area contributed by atoms with E-state index in [0.29, 0.717) is 17.5 Å². The van der Waals surface area contributed by atoms with Crippen LogP contribution in [-0.4, -0.2) is 34.5 Å². The summed E-state index contributed by atoms with van der Waals surface area (Å²) in [4.78, 5) is 4.23. The van der Waals surface area contributed by atoms with Crippen LogP contribution in [0.5, 0.6) is 0 Å². The molecular weight excluding hydrogens is 361 g/mol. The largest absolute Gasteiger partial charge is 0.355 e. The van der Waals surface area contributed by atoms with E-state index >= 15 is 0 Å². The van der Waals surface area contributed by atoms with Gasteiger partial charge in [0.1, 0.15) is 11.5 Å². The molecule has 1 heterocycles. The predicted octanol–water partition coefficient (Wildman–Crippen LogP) is 5.29. The van der Waals surface area contributed by atoms with Crippen LogP contribution in [0.4, 0.5) is 14.5 Å². The molecule has 23 heavy (non-hydrogen) atoms. The molecule has 1 aromatic rings. The van der Waals surface area contributed by atoms with E-state index in [2.05, 4.69) is 4.99 Å². The number of hydrogen-bond donors (Lipinski definition) is 0. The van der Waals surface area contributed by atoms with Crippen LogP contribution >= 0.6 is 29.9 Å². The first-order chi connectivity index (χ1) is 10.9. The van der Waals surface area contributed by atoms with Crippen LogP contribution in [0.25, 0.3) is 0 Å². The highest BCUT2D eigenvalue weighted by Crippen LogP contribution is 2.65. The topological polar surface area (TPSA) is 41.9 Å². The zero-order valence-corrected chi connectivity index (χ0v) is 15.7. The molecular formula is C14H19F2N2O2PS2. The minimum Gasteiger partial charge on any atom is -0.309 e. The first-order valence-corrected chi connectivity index (χ1v) is 11.2. The summed E-state index contributed by atoms with van der Waals surface area (Å²) in [7, 11) is 1.41. The van der Waals surface area contributed by atoms with E-state index in [1.54, 1.807) is 4.67 Å². The lowest BCUT2D eigenvalue weighted by atomic mass is 10.3. The van der Waals surface area contributed by atoms with Crippen molar-refractivity contribution in [3.05, 3.63) is 29.8 Å². The highest BCUT2D eigenvalue weighted by molar-refractivity contribution is 8.56. The van der Waals surface area contributed by atoms with Gasteiger partial charge in [0.15, 0.2) is 11.0 Å². The third-order valence-corrected chi connectivity index (χ3v) is 9.71. The van der Waals surface area contributed by atoms with Gasteiger partial charge in [-0.15, -0.1) is 0 Å². The molecule has 1 aliphatic rings. The Morgan fingerprint density at radius 3 is 2.87 bits per heavy atom. The Bertz CT molecular complexity index is 645. The fraction of sp³-hybridized carbons (Fsp3) is 0.500. The predicted molar refractivity (Wildman–Crippen MR) is 94.6 cm³/mol. The van der Waals surface area contributed by atoms with Gasteiger partial charge in [-0.05, 0) is 29.9 Å². The van der Waals surface area contributed by atoms with Crippen molar-refractivity contribution in [1.29, 1.82) is 0 Å². The Morgan fingerprint density at radius 1 is 1.52 bits per heavy atom. The maximum Gasteiger partial charge on any atom is 0.355 e. The number of benzene rings is 1. The van der Waals surface area contributed by atoms with Crippen molar-refractivity contribution in [1.82, 2.24) is 4.67 Å². The van der Waals surface area contributed by atoms with Crippen LogP contribution in [0.15, 0.2) is 23.2 Å². The lowest BCUT2D eigenvalue weighted by Gasteiger charge is -2.28. The number of amidine groups is 1. The van der Waals surface area contributed by atoms with Gasteiger partial charge in [0.05, 0.1) is 0 Å². The van der Waals surface area contributed by atoms with Crippen molar-refractivity contribution < 1.29 is 17.9 Å². The summed E-state index contributed by atoms with van der Waals surface area (Å²) >= 11 is 2.66. The Hall–Kier alpha value is -0.560. The number of thioether (sulfide) groups is 1. The third kappa shape index (κ3) is 4.50. The van der Waals surface area contributed by atoms with Crippen LogP contribution in [0.1, 0.15) is 20.3 Å². The second-order valence-electron chi connectivity index (χ2n) is 4.94. The molecule has 1 aromatic carbocycles. The fourth-order valence-electron chi connectivity index (χ4n) is 1.89. The molecule has 1 aliphatic heterocycles. The molecule has 0 aliphatic carbocycles. The van der Waals surface area contributed by atoms with Gasteiger partial charge in [-0.1, -0.05) is 25.6 Å². The Balaban J connectivity index is 2.31. The summed E-state index contributed by atoms with van der Waals surface area (Å²) < 4.78 is 46.8. The van der Waals surface area contributed by atoms with Gasteiger partial charge in [0.25, 0.3) is 0 Å². The first-order valence-electron chi connectivity index (χ1n) is 7.18. The molecule has 0 spiro atoms. The highest BCUT2D eigenvalue weighted by atomic mass is 32.7. The molecule has 0 aromatic heterocycles. The number of hydrogen-bond acceptors (Lipinski definition) is 5. The van der Waals surface area contributed by atoms with Gasteiger partial charge in [-0.2, -0.15) is 0 Å². The maximum absolute atomic E-state index is 13.8. The average molecular weight is 380 g/mol. The van der Waals surface area contributed by atoms with E-state index in [4.69, 9.17) is 4.52 Å². The molecule has 128 valence electrons. The lowest BCUT2D eigenvalue weighted by molar-refractivity contribution is 0.374. The number of aliphatic imine (C=N–C) groups is 1. The smallest absolute Gasteiger partial charge is 0.309 e. The summed E-state index contributed by atoms with van der Waals surface area (Å²) in [5.74, 6) is -0.708. The van der Waals surface area contributed by atoms with Gasteiger partial charge in [0, 0.05) is 30.7 Å². The summed E-state index contributed by atoms with van der Waals surface area (Å²) in [5, 5.41) is 0.603. The minimum atomic E-state index is -3.14. The second kappa shape index (κ2) is 8.01. The molecule has 0 N–H and O–H groups in total. The van der Waals surface area contributed by atoms with E-state index < -0.39 is 18.4 Å². The van der Waals surface area contributed by atoms with E-state index in [1.807, 2.05) is 13.8 Å². The zero-order chi connectivity index (χ0) is 17.0. The summed E-state index contributed by atoms with van der Waals surface area (Å²) in [6.45, 7) is 1.37. The Morgan fingerprint density at radius 2 is 2.26 bits per heavy atom. The molecule has 2 atom stereocenters. The number of halogens is 2. The number of rotatable bonds is 6. The quantitative estimate of drug-likeness (QED) is 0.628. The van der Waals surface area contributed by atoms with Crippen molar-refractivity contribution in [3.63, 3.8) is 0 Å². The second-order valence-corrected chi connectivity index (χ2v) is 10.8. The fourth-order valence-corrected chi connectivity index (χ4v) is 8.02. The molecule has 0 amide bonds. The SMILES string of the molecule is CCC(C)SP(=O)(OC)N1CCSC1=Nc1ccc(F)cc1F.